The minimum Gasteiger partial charge on any atom is -0.465 e. The average molecular weight is 595 g/mol. The van der Waals surface area contributed by atoms with Gasteiger partial charge in [0.2, 0.25) is 5.95 Å². The highest BCUT2D eigenvalue weighted by Gasteiger charge is 2.33. The summed E-state index contributed by atoms with van der Waals surface area (Å²) in [5.74, 6) is 1.33. The Bertz CT molecular complexity index is 1430. The SMILES string of the molecule is C[C@@H]1CN(c2nccc(CNc3ncnc4c3c(C3=CCOCC3)cn4COCC[Si](C)(C)C)n2)C[C@H](C)N1C(=O)O. The summed E-state index contributed by atoms with van der Waals surface area (Å²) in [5, 5.41) is 14.0. The molecule has 3 aromatic rings. The number of nitrogens with one attached hydrogen (secondary N) is 1. The number of hydrogen-bond acceptors (Lipinski definition) is 9. The molecule has 1 fully saturated rings. The lowest BCUT2D eigenvalue weighted by Gasteiger charge is -2.42. The molecule has 42 heavy (non-hydrogen) atoms. The number of piperazine rings is 1. The van der Waals surface area contributed by atoms with Crippen LogP contribution in [0.5, 0.6) is 0 Å². The van der Waals surface area contributed by atoms with E-state index in [2.05, 4.69) is 61.6 Å². The largest absolute Gasteiger partial charge is 0.465 e. The van der Waals surface area contributed by atoms with Crippen LogP contribution in [0.15, 0.2) is 30.9 Å². The van der Waals surface area contributed by atoms with Crippen molar-refractivity contribution in [1.29, 1.82) is 0 Å². The van der Waals surface area contributed by atoms with Gasteiger partial charge in [0, 0.05) is 45.7 Å². The van der Waals surface area contributed by atoms with Gasteiger partial charge in [-0.05, 0) is 38.0 Å². The number of rotatable bonds is 10. The summed E-state index contributed by atoms with van der Waals surface area (Å²) in [4.78, 5) is 33.8. The first kappa shape index (κ1) is 29.9. The monoisotopic (exact) mass is 594 g/mol. The Labute approximate surface area is 247 Å². The van der Waals surface area contributed by atoms with Gasteiger partial charge in [-0.1, -0.05) is 25.7 Å². The molecule has 2 N–H and O–H groups in total. The summed E-state index contributed by atoms with van der Waals surface area (Å²) in [6.45, 7) is 14.8. The number of nitrogens with zero attached hydrogens (tertiary/aromatic N) is 7. The maximum Gasteiger partial charge on any atom is 0.407 e. The van der Waals surface area contributed by atoms with Crippen LogP contribution in [0.4, 0.5) is 16.6 Å². The smallest absolute Gasteiger partial charge is 0.407 e. The number of hydrogen-bond donors (Lipinski definition) is 2. The van der Waals surface area contributed by atoms with Crippen LogP contribution in [0.25, 0.3) is 16.6 Å². The molecule has 2 atom stereocenters. The van der Waals surface area contributed by atoms with E-state index in [1.54, 1.807) is 12.5 Å². The number of aromatic nitrogens is 5. The average Bonchev–Trinajstić information content (AvgIpc) is 3.33. The zero-order valence-electron chi connectivity index (χ0n) is 25.2. The summed E-state index contributed by atoms with van der Waals surface area (Å²) in [6, 6.07) is 2.67. The van der Waals surface area contributed by atoms with Gasteiger partial charge in [-0.25, -0.2) is 24.7 Å². The molecule has 0 aromatic carbocycles. The highest BCUT2D eigenvalue weighted by atomic mass is 28.3. The molecule has 13 heteroatoms. The zero-order valence-corrected chi connectivity index (χ0v) is 26.2. The lowest BCUT2D eigenvalue weighted by molar-refractivity contribution is 0.0898. The molecule has 12 nitrogen and oxygen atoms in total. The molecule has 2 aliphatic heterocycles. The predicted molar refractivity (Wildman–Crippen MR) is 165 cm³/mol. The fourth-order valence-electron chi connectivity index (χ4n) is 5.59. The van der Waals surface area contributed by atoms with Gasteiger partial charge in [0.1, 0.15) is 24.5 Å². The zero-order chi connectivity index (χ0) is 29.9. The Morgan fingerprint density at radius 2 is 1.98 bits per heavy atom. The summed E-state index contributed by atoms with van der Waals surface area (Å²) in [5.41, 5.74) is 3.95. The molecule has 0 bridgehead atoms. The van der Waals surface area contributed by atoms with Gasteiger partial charge >= 0.3 is 6.09 Å². The molecule has 5 rings (SSSR count). The van der Waals surface area contributed by atoms with E-state index in [1.165, 1.54) is 10.5 Å². The van der Waals surface area contributed by atoms with Crippen LogP contribution < -0.4 is 10.2 Å². The second-order valence-corrected chi connectivity index (χ2v) is 18.0. The van der Waals surface area contributed by atoms with Crippen molar-refractivity contribution in [2.24, 2.45) is 0 Å². The molecule has 3 aromatic heterocycles. The van der Waals surface area contributed by atoms with Gasteiger partial charge in [0.05, 0.1) is 42.9 Å². The number of anilines is 2. The second-order valence-electron chi connectivity index (χ2n) is 12.3. The first-order valence-corrected chi connectivity index (χ1v) is 18.3. The molecule has 0 saturated carbocycles. The fraction of sp³-hybridized carbons (Fsp3) is 0.552. The molecule has 1 saturated heterocycles. The van der Waals surface area contributed by atoms with Crippen LogP contribution in [0.1, 0.15) is 31.5 Å². The number of carboxylic acid groups (broad SMARTS) is 1. The highest BCUT2D eigenvalue weighted by molar-refractivity contribution is 6.76. The van der Waals surface area contributed by atoms with Crippen molar-refractivity contribution in [2.75, 3.05) is 43.1 Å². The van der Waals surface area contributed by atoms with Crippen LogP contribution >= 0.6 is 0 Å². The summed E-state index contributed by atoms with van der Waals surface area (Å²) in [7, 11) is -1.18. The number of fused-ring (bicyclic) bond motifs is 1. The highest BCUT2D eigenvalue weighted by Crippen LogP contribution is 2.34. The normalized spacial score (nSPS) is 19.7. The van der Waals surface area contributed by atoms with Crippen LogP contribution in [0.2, 0.25) is 25.7 Å². The minimum absolute atomic E-state index is 0.160. The summed E-state index contributed by atoms with van der Waals surface area (Å²) < 4.78 is 13.7. The topological polar surface area (TPSA) is 131 Å². The van der Waals surface area contributed by atoms with Gasteiger partial charge in [-0.15, -0.1) is 0 Å². The first-order valence-electron chi connectivity index (χ1n) is 14.6. The van der Waals surface area contributed by atoms with E-state index in [0.29, 0.717) is 45.5 Å². The third-order valence-corrected chi connectivity index (χ3v) is 9.45. The Kier molecular flexibility index (Phi) is 9.09. The Morgan fingerprint density at radius 1 is 1.19 bits per heavy atom. The lowest BCUT2D eigenvalue weighted by Crippen LogP contribution is -2.58. The van der Waals surface area contributed by atoms with E-state index in [9.17, 15) is 9.90 Å². The maximum atomic E-state index is 11.7. The minimum atomic E-state index is -1.18. The summed E-state index contributed by atoms with van der Waals surface area (Å²) in [6.07, 6.45) is 7.52. The van der Waals surface area contributed by atoms with Crippen molar-refractivity contribution in [1.82, 2.24) is 29.4 Å². The molecule has 1 amide bonds. The molecule has 2 aliphatic rings. The molecule has 0 unspecified atom stereocenters. The quantitative estimate of drug-likeness (QED) is 0.255. The second kappa shape index (κ2) is 12.8. The number of amides is 1. The Balaban J connectivity index is 1.36. The van der Waals surface area contributed by atoms with E-state index in [0.717, 1.165) is 47.2 Å². The van der Waals surface area contributed by atoms with Crippen molar-refractivity contribution in [3.8, 4) is 0 Å². The lowest BCUT2D eigenvalue weighted by atomic mass is 10.0. The first-order chi connectivity index (χ1) is 20.1. The van der Waals surface area contributed by atoms with Crippen molar-refractivity contribution < 1.29 is 19.4 Å². The molecule has 226 valence electrons. The maximum absolute atomic E-state index is 11.7. The van der Waals surface area contributed by atoms with E-state index in [1.807, 2.05) is 19.9 Å². The van der Waals surface area contributed by atoms with Crippen molar-refractivity contribution in [2.45, 2.75) is 71.3 Å². The molecule has 0 radical (unpaired) electrons. The fourth-order valence-corrected chi connectivity index (χ4v) is 6.34. The predicted octanol–water partition coefficient (Wildman–Crippen LogP) is 4.53. The van der Waals surface area contributed by atoms with Gasteiger partial charge in [-0.3, -0.25) is 4.90 Å². The van der Waals surface area contributed by atoms with E-state index >= 15 is 0 Å². The van der Waals surface area contributed by atoms with E-state index < -0.39 is 14.2 Å². The van der Waals surface area contributed by atoms with Crippen LogP contribution in [0, 0.1) is 0 Å². The third-order valence-electron chi connectivity index (χ3n) is 7.75. The van der Waals surface area contributed by atoms with Gasteiger partial charge in [0.25, 0.3) is 0 Å². The Hall–Kier alpha value is -3.55. The van der Waals surface area contributed by atoms with Crippen molar-refractivity contribution in [3.05, 3.63) is 42.1 Å². The number of ether oxygens (including phenoxy) is 2. The van der Waals surface area contributed by atoms with Gasteiger partial charge < -0.3 is 29.4 Å². The Morgan fingerprint density at radius 3 is 2.67 bits per heavy atom. The van der Waals surface area contributed by atoms with E-state index in [-0.39, 0.29) is 12.1 Å². The molecular formula is C29H42N8O4Si. The van der Waals surface area contributed by atoms with E-state index in [4.69, 9.17) is 14.5 Å². The van der Waals surface area contributed by atoms with Gasteiger partial charge in [0.15, 0.2) is 0 Å². The standard InChI is InChI=1S/C29H42N8O4Si/c1-20-15-35(16-21(2)37(20)29(38)39)28-30-9-6-23(34-28)14-31-26-25-24(22-7-10-40-11-8-22)17-36(27(25)33-18-32-26)19-41-12-13-42(3,4)5/h6-7,9,17-18,20-21H,8,10-16,19H2,1-5H3,(H,38,39)(H,31,32,33)/t20-,21+. The number of carbonyl (C=O) groups is 1. The molecule has 0 spiro atoms. The molecule has 0 aliphatic carbocycles. The third kappa shape index (κ3) is 6.90. The van der Waals surface area contributed by atoms with Crippen LogP contribution in [-0.4, -0.2) is 93.7 Å². The van der Waals surface area contributed by atoms with Crippen molar-refractivity contribution >= 4 is 42.5 Å². The molecular weight excluding hydrogens is 552 g/mol. The summed E-state index contributed by atoms with van der Waals surface area (Å²) >= 11 is 0. The molecule has 5 heterocycles. The van der Waals surface area contributed by atoms with Crippen molar-refractivity contribution in [3.63, 3.8) is 0 Å². The van der Waals surface area contributed by atoms with Crippen LogP contribution in [0.3, 0.4) is 0 Å². The van der Waals surface area contributed by atoms with Gasteiger partial charge in [-0.2, -0.15) is 0 Å². The van der Waals surface area contributed by atoms with Crippen LogP contribution in [-0.2, 0) is 22.7 Å².